The molecule has 0 aliphatic carbocycles. The molecule has 18 heavy (non-hydrogen) atoms. The number of carbonyl (C=O) groups is 1. The SMILES string of the molecule is CCC1(C(=O)Nc2ccc(Br)cn2)CCCNC1. The van der Waals surface area contributed by atoms with E-state index in [1.807, 2.05) is 12.1 Å². The summed E-state index contributed by atoms with van der Waals surface area (Å²) in [7, 11) is 0. The van der Waals surface area contributed by atoms with E-state index in [4.69, 9.17) is 0 Å². The van der Waals surface area contributed by atoms with Gasteiger partial charge in [-0.3, -0.25) is 4.79 Å². The number of hydrogen-bond donors (Lipinski definition) is 2. The van der Waals surface area contributed by atoms with Gasteiger partial charge < -0.3 is 10.6 Å². The third kappa shape index (κ3) is 2.90. The largest absolute Gasteiger partial charge is 0.316 e. The van der Waals surface area contributed by atoms with Gasteiger partial charge in [0.2, 0.25) is 5.91 Å². The van der Waals surface area contributed by atoms with E-state index in [0.717, 1.165) is 36.8 Å². The van der Waals surface area contributed by atoms with E-state index in [-0.39, 0.29) is 11.3 Å². The van der Waals surface area contributed by atoms with Crippen LogP contribution in [0.15, 0.2) is 22.8 Å². The highest BCUT2D eigenvalue weighted by atomic mass is 79.9. The molecule has 1 aliphatic rings. The zero-order chi connectivity index (χ0) is 13.0. The first kappa shape index (κ1) is 13.5. The van der Waals surface area contributed by atoms with Crippen LogP contribution in [0.4, 0.5) is 5.82 Å². The fourth-order valence-electron chi connectivity index (χ4n) is 2.32. The van der Waals surface area contributed by atoms with E-state index >= 15 is 0 Å². The maximum Gasteiger partial charge on any atom is 0.233 e. The maximum atomic E-state index is 12.4. The standard InChI is InChI=1S/C13H18BrN3O/c1-2-13(6-3-7-15-9-13)12(18)17-11-5-4-10(14)8-16-11/h4-5,8,15H,2-3,6-7,9H2,1H3,(H,16,17,18). The number of amides is 1. The molecule has 1 aromatic rings. The zero-order valence-electron chi connectivity index (χ0n) is 10.5. The molecule has 1 atom stereocenters. The molecular formula is C13H18BrN3O. The average molecular weight is 312 g/mol. The number of nitrogens with zero attached hydrogens (tertiary/aromatic N) is 1. The second-order valence-corrected chi connectivity index (χ2v) is 5.65. The summed E-state index contributed by atoms with van der Waals surface area (Å²) < 4.78 is 0.907. The number of halogens is 1. The number of nitrogens with one attached hydrogen (secondary N) is 2. The highest BCUT2D eigenvalue weighted by molar-refractivity contribution is 9.10. The molecule has 0 saturated carbocycles. The molecule has 1 saturated heterocycles. The van der Waals surface area contributed by atoms with Crippen molar-refractivity contribution >= 4 is 27.7 Å². The fraction of sp³-hybridized carbons (Fsp3) is 0.538. The molecule has 2 N–H and O–H groups in total. The minimum absolute atomic E-state index is 0.0759. The van der Waals surface area contributed by atoms with E-state index in [2.05, 4.69) is 38.5 Å². The molecule has 98 valence electrons. The predicted octanol–water partition coefficient (Wildman–Crippen LogP) is 2.56. The number of carbonyl (C=O) groups excluding carboxylic acids is 1. The fourth-order valence-corrected chi connectivity index (χ4v) is 2.56. The van der Waals surface area contributed by atoms with Crippen molar-refractivity contribution in [2.45, 2.75) is 26.2 Å². The molecule has 1 amide bonds. The van der Waals surface area contributed by atoms with Gasteiger partial charge in [-0.1, -0.05) is 6.92 Å². The summed E-state index contributed by atoms with van der Waals surface area (Å²) in [6.45, 7) is 3.83. The van der Waals surface area contributed by atoms with Crippen LogP contribution in [0.1, 0.15) is 26.2 Å². The van der Waals surface area contributed by atoms with Crippen LogP contribution in [-0.2, 0) is 4.79 Å². The van der Waals surface area contributed by atoms with Crippen molar-refractivity contribution in [3.8, 4) is 0 Å². The van der Waals surface area contributed by atoms with Crippen molar-refractivity contribution < 1.29 is 4.79 Å². The topological polar surface area (TPSA) is 54.0 Å². The minimum Gasteiger partial charge on any atom is -0.316 e. The lowest BCUT2D eigenvalue weighted by atomic mass is 9.77. The van der Waals surface area contributed by atoms with Gasteiger partial charge in [0.1, 0.15) is 5.82 Å². The van der Waals surface area contributed by atoms with Gasteiger partial charge in [-0.25, -0.2) is 4.98 Å². The molecule has 1 fully saturated rings. The van der Waals surface area contributed by atoms with Crippen molar-refractivity contribution in [3.63, 3.8) is 0 Å². The Hall–Kier alpha value is -0.940. The van der Waals surface area contributed by atoms with Crippen LogP contribution >= 0.6 is 15.9 Å². The molecule has 0 radical (unpaired) electrons. The maximum absolute atomic E-state index is 12.4. The number of hydrogen-bond acceptors (Lipinski definition) is 3. The Morgan fingerprint density at radius 3 is 3.00 bits per heavy atom. The molecule has 0 bridgehead atoms. The lowest BCUT2D eigenvalue weighted by Gasteiger charge is -2.35. The number of rotatable bonds is 3. The van der Waals surface area contributed by atoms with Crippen LogP contribution in [0.5, 0.6) is 0 Å². The summed E-state index contributed by atoms with van der Waals surface area (Å²) in [5, 5.41) is 6.23. The number of aromatic nitrogens is 1. The Labute approximate surface area is 116 Å². The average Bonchev–Trinajstić information content (AvgIpc) is 2.42. The van der Waals surface area contributed by atoms with Crippen LogP contribution in [-0.4, -0.2) is 24.0 Å². The van der Waals surface area contributed by atoms with Gasteiger partial charge in [0.05, 0.1) is 5.41 Å². The molecule has 0 aromatic carbocycles. The lowest BCUT2D eigenvalue weighted by molar-refractivity contribution is -0.126. The summed E-state index contributed by atoms with van der Waals surface area (Å²) in [6, 6.07) is 3.68. The molecule has 1 aliphatic heterocycles. The Morgan fingerprint density at radius 2 is 2.44 bits per heavy atom. The van der Waals surface area contributed by atoms with Gasteiger partial charge in [0, 0.05) is 17.2 Å². The Balaban J connectivity index is 2.07. The van der Waals surface area contributed by atoms with Crippen LogP contribution in [0.25, 0.3) is 0 Å². The van der Waals surface area contributed by atoms with Gasteiger partial charge in [0.15, 0.2) is 0 Å². The summed E-state index contributed by atoms with van der Waals surface area (Å²) >= 11 is 3.33. The molecule has 0 spiro atoms. The van der Waals surface area contributed by atoms with Crippen LogP contribution in [0.2, 0.25) is 0 Å². The monoisotopic (exact) mass is 311 g/mol. The third-order valence-corrected chi connectivity index (χ3v) is 4.07. The highest BCUT2D eigenvalue weighted by Crippen LogP contribution is 2.31. The van der Waals surface area contributed by atoms with E-state index < -0.39 is 0 Å². The van der Waals surface area contributed by atoms with Crippen LogP contribution < -0.4 is 10.6 Å². The van der Waals surface area contributed by atoms with Crippen molar-refractivity contribution in [3.05, 3.63) is 22.8 Å². The third-order valence-electron chi connectivity index (χ3n) is 3.60. The predicted molar refractivity (Wildman–Crippen MR) is 75.4 cm³/mol. The van der Waals surface area contributed by atoms with Crippen molar-refractivity contribution in [1.29, 1.82) is 0 Å². The number of anilines is 1. The summed E-state index contributed by atoms with van der Waals surface area (Å²) in [4.78, 5) is 16.6. The molecule has 2 heterocycles. The summed E-state index contributed by atoms with van der Waals surface area (Å²) in [5.41, 5.74) is -0.285. The first-order valence-electron chi connectivity index (χ1n) is 6.30. The Kier molecular flexibility index (Phi) is 4.35. The molecule has 2 rings (SSSR count). The van der Waals surface area contributed by atoms with Crippen molar-refractivity contribution in [2.24, 2.45) is 5.41 Å². The van der Waals surface area contributed by atoms with E-state index in [1.165, 1.54) is 0 Å². The lowest BCUT2D eigenvalue weighted by Crippen LogP contribution is -2.47. The molecule has 5 heteroatoms. The first-order valence-corrected chi connectivity index (χ1v) is 7.09. The molecule has 4 nitrogen and oxygen atoms in total. The second-order valence-electron chi connectivity index (χ2n) is 4.73. The van der Waals surface area contributed by atoms with Gasteiger partial charge >= 0.3 is 0 Å². The number of piperidine rings is 1. The zero-order valence-corrected chi connectivity index (χ0v) is 12.1. The molecular weight excluding hydrogens is 294 g/mol. The summed E-state index contributed by atoms with van der Waals surface area (Å²) in [5.74, 6) is 0.689. The first-order chi connectivity index (χ1) is 8.66. The molecule has 1 aromatic heterocycles. The second kappa shape index (κ2) is 5.80. The van der Waals surface area contributed by atoms with Crippen LogP contribution in [0, 0.1) is 5.41 Å². The van der Waals surface area contributed by atoms with Crippen LogP contribution in [0.3, 0.4) is 0 Å². The van der Waals surface area contributed by atoms with E-state index in [0.29, 0.717) is 5.82 Å². The Bertz CT molecular complexity index is 413. The normalized spacial score (nSPS) is 23.7. The van der Waals surface area contributed by atoms with Gasteiger partial charge in [-0.2, -0.15) is 0 Å². The quantitative estimate of drug-likeness (QED) is 0.902. The van der Waals surface area contributed by atoms with Gasteiger partial charge in [-0.05, 0) is 53.9 Å². The Morgan fingerprint density at radius 1 is 1.61 bits per heavy atom. The van der Waals surface area contributed by atoms with Gasteiger partial charge in [-0.15, -0.1) is 0 Å². The van der Waals surface area contributed by atoms with E-state index in [9.17, 15) is 4.79 Å². The number of pyridine rings is 1. The van der Waals surface area contributed by atoms with Crippen molar-refractivity contribution in [1.82, 2.24) is 10.3 Å². The minimum atomic E-state index is -0.285. The van der Waals surface area contributed by atoms with Gasteiger partial charge in [0.25, 0.3) is 0 Å². The highest BCUT2D eigenvalue weighted by Gasteiger charge is 2.37. The smallest absolute Gasteiger partial charge is 0.233 e. The summed E-state index contributed by atoms with van der Waals surface area (Å²) in [6.07, 6.45) is 4.53. The van der Waals surface area contributed by atoms with E-state index in [1.54, 1.807) is 6.20 Å². The molecule has 1 unspecified atom stereocenters. The van der Waals surface area contributed by atoms with Crippen molar-refractivity contribution in [2.75, 3.05) is 18.4 Å².